The number of nitrogens with zero attached hydrogens (tertiary/aromatic N) is 2. The zero-order valence-corrected chi connectivity index (χ0v) is 14.0. The van der Waals surface area contributed by atoms with E-state index in [1.807, 2.05) is 55.1 Å². The molecule has 0 amide bonds. The monoisotopic (exact) mass is 324 g/mol. The summed E-state index contributed by atoms with van der Waals surface area (Å²) in [6.07, 6.45) is 2.17. The second kappa shape index (κ2) is 6.92. The van der Waals surface area contributed by atoms with E-state index in [2.05, 4.69) is 16.8 Å². The van der Waals surface area contributed by atoms with Crippen LogP contribution in [-0.2, 0) is 0 Å². The molecule has 0 saturated carbocycles. The minimum Gasteiger partial charge on any atom is -0.491 e. The summed E-state index contributed by atoms with van der Waals surface area (Å²) in [6, 6.07) is 13.2. The average Bonchev–Trinajstić information content (AvgIpc) is 2.97. The van der Waals surface area contributed by atoms with Crippen molar-refractivity contribution in [3.05, 3.63) is 54.4 Å². The van der Waals surface area contributed by atoms with Gasteiger partial charge in [-0.2, -0.15) is 0 Å². The fraction of sp³-hybridized carbons (Fsp3) is 0.350. The maximum atomic E-state index is 15.0. The van der Waals surface area contributed by atoms with Gasteiger partial charge in [-0.05, 0) is 44.0 Å². The number of halogens is 1. The third-order valence-electron chi connectivity index (χ3n) is 3.85. The second-order valence-electron chi connectivity index (χ2n) is 6.27. The number of pyridine rings is 1. The summed E-state index contributed by atoms with van der Waals surface area (Å²) in [4.78, 5) is 6.13. The highest BCUT2D eigenvalue weighted by Crippen LogP contribution is 2.31. The van der Waals surface area contributed by atoms with Crippen LogP contribution in [0, 0.1) is 11.8 Å². The molecule has 1 atom stereocenters. The van der Waals surface area contributed by atoms with Crippen LogP contribution < -0.4 is 9.64 Å². The smallest absolute Gasteiger partial charge is 0.190 e. The fourth-order valence-electron chi connectivity index (χ4n) is 2.73. The average molecular weight is 324 g/mol. The zero-order valence-electron chi connectivity index (χ0n) is 14.0. The van der Waals surface area contributed by atoms with Gasteiger partial charge in [0.05, 0.1) is 12.6 Å². The van der Waals surface area contributed by atoms with E-state index in [0.717, 1.165) is 11.4 Å². The van der Waals surface area contributed by atoms with Crippen LogP contribution in [0.2, 0.25) is 0 Å². The highest BCUT2D eigenvalue weighted by atomic mass is 19.1. The van der Waals surface area contributed by atoms with Gasteiger partial charge in [-0.15, -0.1) is 0 Å². The van der Waals surface area contributed by atoms with Gasteiger partial charge in [0.25, 0.3) is 0 Å². The number of aromatic nitrogens is 1. The van der Waals surface area contributed by atoms with Crippen molar-refractivity contribution in [3.8, 4) is 17.6 Å². The van der Waals surface area contributed by atoms with Gasteiger partial charge in [-0.3, -0.25) is 0 Å². The predicted octanol–water partition coefficient (Wildman–Crippen LogP) is 3.84. The first-order chi connectivity index (χ1) is 11.5. The normalized spacial score (nSPS) is 19.9. The van der Waals surface area contributed by atoms with Crippen LogP contribution >= 0.6 is 0 Å². The Kier molecular flexibility index (Phi) is 4.71. The third kappa shape index (κ3) is 4.05. The molecular formula is C20H21FN2O. The van der Waals surface area contributed by atoms with Gasteiger partial charge in [0.1, 0.15) is 11.4 Å². The van der Waals surface area contributed by atoms with E-state index >= 15 is 0 Å². The number of anilines is 1. The lowest BCUT2D eigenvalue weighted by molar-refractivity contribution is 0.242. The SMILES string of the molecule is CC(C)Oc1cccc(N2CCC(F)(C#Cc3ccccn3)C2)c1. The Balaban J connectivity index is 1.72. The van der Waals surface area contributed by atoms with E-state index in [9.17, 15) is 4.39 Å². The number of benzene rings is 1. The second-order valence-corrected chi connectivity index (χ2v) is 6.27. The van der Waals surface area contributed by atoms with Crippen molar-refractivity contribution in [1.29, 1.82) is 0 Å². The van der Waals surface area contributed by atoms with Gasteiger partial charge in [0.2, 0.25) is 0 Å². The van der Waals surface area contributed by atoms with Crippen molar-refractivity contribution in [2.75, 3.05) is 18.0 Å². The maximum absolute atomic E-state index is 15.0. The lowest BCUT2D eigenvalue weighted by Gasteiger charge is -2.20. The van der Waals surface area contributed by atoms with Crippen molar-refractivity contribution in [3.63, 3.8) is 0 Å². The molecule has 0 spiro atoms. The summed E-state index contributed by atoms with van der Waals surface area (Å²) in [5.74, 6) is 6.42. The number of alkyl halides is 1. The van der Waals surface area contributed by atoms with Crippen molar-refractivity contribution in [2.45, 2.75) is 32.0 Å². The van der Waals surface area contributed by atoms with Gasteiger partial charge in [0, 0.05) is 30.9 Å². The van der Waals surface area contributed by atoms with Crippen LogP contribution in [0.15, 0.2) is 48.7 Å². The predicted molar refractivity (Wildman–Crippen MR) is 94.0 cm³/mol. The molecule has 4 heteroatoms. The Morgan fingerprint density at radius 2 is 2.12 bits per heavy atom. The minimum atomic E-state index is -1.51. The molecule has 124 valence electrons. The third-order valence-corrected chi connectivity index (χ3v) is 3.85. The Hall–Kier alpha value is -2.54. The zero-order chi connectivity index (χ0) is 17.0. The molecule has 0 bridgehead atoms. The van der Waals surface area contributed by atoms with Crippen molar-refractivity contribution in [2.24, 2.45) is 0 Å². The largest absolute Gasteiger partial charge is 0.491 e. The van der Waals surface area contributed by atoms with Crippen molar-refractivity contribution < 1.29 is 9.13 Å². The van der Waals surface area contributed by atoms with Crippen molar-refractivity contribution in [1.82, 2.24) is 4.98 Å². The molecule has 2 heterocycles. The topological polar surface area (TPSA) is 25.4 Å². The summed E-state index contributed by atoms with van der Waals surface area (Å²) in [6.45, 7) is 4.88. The molecule has 1 fully saturated rings. The van der Waals surface area contributed by atoms with Crippen LogP contribution in [-0.4, -0.2) is 29.8 Å². The molecule has 1 aliphatic heterocycles. The first-order valence-electron chi connectivity index (χ1n) is 8.19. The number of ether oxygens (including phenoxy) is 1. The minimum absolute atomic E-state index is 0.114. The fourth-order valence-corrected chi connectivity index (χ4v) is 2.73. The number of hydrogen-bond acceptors (Lipinski definition) is 3. The number of hydrogen-bond donors (Lipinski definition) is 0. The van der Waals surface area contributed by atoms with Gasteiger partial charge < -0.3 is 9.64 Å². The van der Waals surface area contributed by atoms with Crippen LogP contribution in [0.5, 0.6) is 5.75 Å². The van der Waals surface area contributed by atoms with E-state index in [4.69, 9.17) is 4.74 Å². The van der Waals surface area contributed by atoms with Crippen LogP contribution in [0.25, 0.3) is 0 Å². The Morgan fingerprint density at radius 1 is 1.25 bits per heavy atom. The van der Waals surface area contributed by atoms with Crippen LogP contribution in [0.4, 0.5) is 10.1 Å². The first-order valence-corrected chi connectivity index (χ1v) is 8.19. The number of rotatable bonds is 3. The van der Waals surface area contributed by atoms with E-state index < -0.39 is 5.67 Å². The first kappa shape index (κ1) is 16.3. The summed E-state index contributed by atoms with van der Waals surface area (Å²) in [7, 11) is 0. The molecule has 1 aromatic heterocycles. The van der Waals surface area contributed by atoms with Gasteiger partial charge >= 0.3 is 0 Å². The Labute approximate surface area is 142 Å². The maximum Gasteiger partial charge on any atom is 0.190 e. The molecule has 3 nitrogen and oxygen atoms in total. The van der Waals surface area contributed by atoms with E-state index in [0.29, 0.717) is 18.7 Å². The lowest BCUT2D eigenvalue weighted by atomic mass is 10.1. The summed E-state index contributed by atoms with van der Waals surface area (Å²) in [5.41, 5.74) is 0.0551. The molecule has 24 heavy (non-hydrogen) atoms. The molecular weight excluding hydrogens is 303 g/mol. The van der Waals surface area contributed by atoms with Gasteiger partial charge in [-0.1, -0.05) is 18.1 Å². The highest BCUT2D eigenvalue weighted by Gasteiger charge is 2.37. The summed E-state index contributed by atoms with van der Waals surface area (Å²) >= 11 is 0. The lowest BCUT2D eigenvalue weighted by Crippen LogP contribution is -2.27. The van der Waals surface area contributed by atoms with E-state index in [-0.39, 0.29) is 12.6 Å². The molecule has 0 N–H and O–H groups in total. The van der Waals surface area contributed by atoms with Crippen molar-refractivity contribution >= 4 is 5.69 Å². The molecule has 1 aliphatic rings. The van der Waals surface area contributed by atoms with Gasteiger partial charge in [-0.25, -0.2) is 9.37 Å². The van der Waals surface area contributed by atoms with Crippen LogP contribution in [0.1, 0.15) is 26.0 Å². The van der Waals surface area contributed by atoms with Crippen LogP contribution in [0.3, 0.4) is 0 Å². The highest BCUT2D eigenvalue weighted by molar-refractivity contribution is 5.53. The molecule has 1 saturated heterocycles. The van der Waals surface area contributed by atoms with E-state index in [1.165, 1.54) is 0 Å². The van der Waals surface area contributed by atoms with E-state index in [1.54, 1.807) is 12.3 Å². The van der Waals surface area contributed by atoms with Gasteiger partial charge in [0.15, 0.2) is 5.67 Å². The molecule has 3 rings (SSSR count). The Bertz CT molecular complexity index is 751. The standard InChI is InChI=1S/C20H21FN2O/c1-16(2)24-19-8-5-7-18(14-19)23-13-11-20(21,15-23)10-9-17-6-3-4-12-22-17/h3-8,12,14,16H,11,13,15H2,1-2H3. The Morgan fingerprint density at radius 3 is 2.88 bits per heavy atom. The summed E-state index contributed by atoms with van der Waals surface area (Å²) < 4.78 is 20.7. The quantitative estimate of drug-likeness (QED) is 0.802. The molecule has 2 aromatic rings. The molecule has 1 unspecified atom stereocenters. The molecule has 0 radical (unpaired) electrons. The molecule has 1 aromatic carbocycles. The molecule has 0 aliphatic carbocycles. The summed E-state index contributed by atoms with van der Waals surface area (Å²) in [5, 5.41) is 0.